The van der Waals surface area contributed by atoms with E-state index in [9.17, 15) is 4.79 Å². The molecule has 1 amide bonds. The molecule has 1 aliphatic heterocycles. The zero-order chi connectivity index (χ0) is 18.5. The number of carbonyl (C=O) groups is 1. The van der Waals surface area contributed by atoms with Crippen LogP contribution in [0.3, 0.4) is 0 Å². The lowest BCUT2D eigenvalue weighted by atomic mass is 10.1. The Morgan fingerprint density at radius 2 is 2.00 bits per heavy atom. The maximum atomic E-state index is 12.3. The number of carbonyl (C=O) groups excluding carboxylic acids is 1. The van der Waals surface area contributed by atoms with Crippen LogP contribution in [0.15, 0.2) is 30.3 Å². The van der Waals surface area contributed by atoms with Crippen molar-refractivity contribution >= 4 is 34.9 Å². The topological polar surface area (TPSA) is 67.4 Å². The molecule has 2 aromatic rings. The van der Waals surface area contributed by atoms with E-state index in [2.05, 4.69) is 15.5 Å². The van der Waals surface area contributed by atoms with Gasteiger partial charge in [-0.1, -0.05) is 35.3 Å². The SMILES string of the molecule is CN(Cc1cccc(Cl)c1Cl)c1ccc(C(=O)NC2CCOCC2)nn1. The van der Waals surface area contributed by atoms with Gasteiger partial charge in [-0.25, -0.2) is 0 Å². The Morgan fingerprint density at radius 3 is 2.69 bits per heavy atom. The zero-order valence-electron chi connectivity index (χ0n) is 14.4. The molecule has 1 saturated heterocycles. The largest absolute Gasteiger partial charge is 0.381 e. The van der Waals surface area contributed by atoms with E-state index in [1.807, 2.05) is 24.1 Å². The lowest BCUT2D eigenvalue weighted by Crippen LogP contribution is -2.39. The van der Waals surface area contributed by atoms with Crippen molar-refractivity contribution in [2.45, 2.75) is 25.4 Å². The fraction of sp³-hybridized carbons (Fsp3) is 0.389. The van der Waals surface area contributed by atoms with Crippen molar-refractivity contribution in [3.63, 3.8) is 0 Å². The van der Waals surface area contributed by atoms with Gasteiger partial charge in [0, 0.05) is 32.8 Å². The van der Waals surface area contributed by atoms with Crippen LogP contribution in [-0.2, 0) is 11.3 Å². The van der Waals surface area contributed by atoms with Crippen molar-refractivity contribution in [1.29, 1.82) is 0 Å². The van der Waals surface area contributed by atoms with Crippen LogP contribution in [0.25, 0.3) is 0 Å². The zero-order valence-corrected chi connectivity index (χ0v) is 15.9. The predicted molar refractivity (Wildman–Crippen MR) is 102 cm³/mol. The lowest BCUT2D eigenvalue weighted by molar-refractivity contribution is 0.0693. The lowest BCUT2D eigenvalue weighted by Gasteiger charge is -2.23. The Balaban J connectivity index is 1.62. The minimum Gasteiger partial charge on any atom is -0.381 e. The van der Waals surface area contributed by atoms with Crippen LogP contribution in [0.1, 0.15) is 28.9 Å². The van der Waals surface area contributed by atoms with Gasteiger partial charge in [-0.3, -0.25) is 4.79 Å². The number of hydrogen-bond acceptors (Lipinski definition) is 5. The number of anilines is 1. The van der Waals surface area contributed by atoms with E-state index in [1.165, 1.54) is 0 Å². The number of nitrogens with one attached hydrogen (secondary N) is 1. The van der Waals surface area contributed by atoms with Gasteiger partial charge in [0.05, 0.1) is 10.0 Å². The summed E-state index contributed by atoms with van der Waals surface area (Å²) < 4.78 is 5.29. The molecule has 0 unspecified atom stereocenters. The summed E-state index contributed by atoms with van der Waals surface area (Å²) in [6, 6.07) is 9.09. The van der Waals surface area contributed by atoms with Crippen molar-refractivity contribution in [2.75, 3.05) is 25.2 Å². The van der Waals surface area contributed by atoms with Crippen LogP contribution < -0.4 is 10.2 Å². The van der Waals surface area contributed by atoms with Gasteiger partial charge in [-0.15, -0.1) is 10.2 Å². The molecule has 1 aliphatic rings. The van der Waals surface area contributed by atoms with E-state index >= 15 is 0 Å². The molecule has 0 saturated carbocycles. The van der Waals surface area contributed by atoms with E-state index in [1.54, 1.807) is 18.2 Å². The van der Waals surface area contributed by atoms with Gasteiger partial charge >= 0.3 is 0 Å². The Kier molecular flexibility index (Phi) is 6.29. The summed E-state index contributed by atoms with van der Waals surface area (Å²) in [6.07, 6.45) is 1.64. The van der Waals surface area contributed by atoms with Crippen LogP contribution in [-0.4, -0.2) is 42.4 Å². The molecule has 0 bridgehead atoms. The number of amides is 1. The number of rotatable bonds is 5. The number of hydrogen-bond donors (Lipinski definition) is 1. The smallest absolute Gasteiger partial charge is 0.272 e. The average Bonchev–Trinajstić information content (AvgIpc) is 2.66. The van der Waals surface area contributed by atoms with Gasteiger partial charge in [-0.05, 0) is 36.6 Å². The van der Waals surface area contributed by atoms with Crippen LogP contribution in [0.4, 0.5) is 5.82 Å². The van der Waals surface area contributed by atoms with Gasteiger partial charge in [0.1, 0.15) is 0 Å². The Labute approximate surface area is 162 Å². The van der Waals surface area contributed by atoms with Crippen LogP contribution in [0.5, 0.6) is 0 Å². The molecule has 6 nitrogen and oxygen atoms in total. The first-order chi connectivity index (χ1) is 12.5. The standard InChI is InChI=1S/C18H20Cl2N4O2/c1-24(11-12-3-2-4-14(19)17(12)20)16-6-5-15(22-23-16)18(25)21-13-7-9-26-10-8-13/h2-6,13H,7-11H2,1H3,(H,21,25). The third kappa shape index (κ3) is 4.63. The Hall–Kier alpha value is -1.89. The van der Waals surface area contributed by atoms with Crippen LogP contribution >= 0.6 is 23.2 Å². The maximum absolute atomic E-state index is 12.3. The highest BCUT2D eigenvalue weighted by molar-refractivity contribution is 6.42. The number of ether oxygens (including phenoxy) is 1. The first-order valence-electron chi connectivity index (χ1n) is 8.41. The molecule has 0 atom stereocenters. The summed E-state index contributed by atoms with van der Waals surface area (Å²) in [5.41, 5.74) is 1.19. The van der Waals surface area contributed by atoms with E-state index in [-0.39, 0.29) is 11.9 Å². The third-order valence-corrected chi connectivity index (χ3v) is 5.13. The summed E-state index contributed by atoms with van der Waals surface area (Å²) >= 11 is 12.3. The molecule has 1 aromatic heterocycles. The molecule has 26 heavy (non-hydrogen) atoms. The van der Waals surface area contributed by atoms with Crippen molar-refractivity contribution in [3.8, 4) is 0 Å². The maximum Gasteiger partial charge on any atom is 0.272 e. The van der Waals surface area contributed by atoms with E-state index in [0.717, 1.165) is 18.4 Å². The molecule has 1 N–H and O–H groups in total. The molecule has 8 heteroatoms. The fourth-order valence-corrected chi connectivity index (χ4v) is 3.14. The second-order valence-corrected chi connectivity index (χ2v) is 6.99. The quantitative estimate of drug-likeness (QED) is 0.841. The second-order valence-electron chi connectivity index (χ2n) is 6.21. The minimum atomic E-state index is -0.212. The summed E-state index contributed by atoms with van der Waals surface area (Å²) in [6.45, 7) is 1.88. The summed E-state index contributed by atoms with van der Waals surface area (Å²) in [5.74, 6) is 0.431. The monoisotopic (exact) mass is 394 g/mol. The number of halogens is 2. The molecule has 0 radical (unpaired) electrons. The van der Waals surface area contributed by atoms with Gasteiger partial charge in [0.15, 0.2) is 11.5 Å². The minimum absolute atomic E-state index is 0.130. The van der Waals surface area contributed by atoms with Crippen molar-refractivity contribution in [1.82, 2.24) is 15.5 Å². The summed E-state index contributed by atoms with van der Waals surface area (Å²) in [7, 11) is 1.88. The molecular formula is C18H20Cl2N4O2. The number of benzene rings is 1. The average molecular weight is 395 g/mol. The van der Waals surface area contributed by atoms with E-state index in [4.69, 9.17) is 27.9 Å². The first-order valence-corrected chi connectivity index (χ1v) is 9.16. The Morgan fingerprint density at radius 1 is 1.23 bits per heavy atom. The molecule has 1 fully saturated rings. The molecule has 1 aromatic carbocycles. The third-order valence-electron chi connectivity index (χ3n) is 4.27. The molecule has 138 valence electrons. The molecule has 0 spiro atoms. The predicted octanol–water partition coefficient (Wildman–Crippen LogP) is 3.33. The van der Waals surface area contributed by atoms with Gasteiger partial charge in [0.25, 0.3) is 5.91 Å². The van der Waals surface area contributed by atoms with Gasteiger partial charge < -0.3 is 15.0 Å². The second kappa shape index (κ2) is 8.66. The molecule has 2 heterocycles. The number of nitrogens with zero attached hydrogens (tertiary/aromatic N) is 3. The number of aromatic nitrogens is 2. The van der Waals surface area contributed by atoms with Gasteiger partial charge in [-0.2, -0.15) is 0 Å². The van der Waals surface area contributed by atoms with Crippen molar-refractivity contribution in [3.05, 3.63) is 51.6 Å². The van der Waals surface area contributed by atoms with E-state index in [0.29, 0.717) is 41.3 Å². The highest BCUT2D eigenvalue weighted by Gasteiger charge is 2.18. The summed E-state index contributed by atoms with van der Waals surface area (Å²) in [5, 5.41) is 12.2. The molecule has 0 aliphatic carbocycles. The fourth-order valence-electron chi connectivity index (χ4n) is 2.76. The highest BCUT2D eigenvalue weighted by Crippen LogP contribution is 2.27. The normalized spacial score (nSPS) is 14.9. The van der Waals surface area contributed by atoms with E-state index < -0.39 is 0 Å². The van der Waals surface area contributed by atoms with Gasteiger partial charge in [0.2, 0.25) is 0 Å². The first kappa shape index (κ1) is 18.9. The summed E-state index contributed by atoms with van der Waals surface area (Å²) in [4.78, 5) is 14.2. The van der Waals surface area contributed by atoms with Crippen LogP contribution in [0, 0.1) is 0 Å². The molecular weight excluding hydrogens is 375 g/mol. The molecule has 3 rings (SSSR count). The Bertz CT molecular complexity index is 764. The van der Waals surface area contributed by atoms with Crippen LogP contribution in [0.2, 0.25) is 10.0 Å². The van der Waals surface area contributed by atoms with Crippen molar-refractivity contribution < 1.29 is 9.53 Å². The van der Waals surface area contributed by atoms with Crippen molar-refractivity contribution in [2.24, 2.45) is 0 Å². The highest BCUT2D eigenvalue weighted by atomic mass is 35.5.